The molecule has 4 aromatic rings. The molecular formula is C24H27BN8O2. The molecule has 3 aromatic heterocycles. The predicted molar refractivity (Wildman–Crippen MR) is 137 cm³/mol. The number of likely N-dealkylation sites (tertiary alicyclic amines) is 1. The van der Waals surface area contributed by atoms with Gasteiger partial charge in [-0.1, -0.05) is 6.07 Å². The van der Waals surface area contributed by atoms with Crippen LogP contribution in [-0.4, -0.2) is 51.4 Å². The number of nitrogens with zero attached hydrogens (tertiary/aromatic N) is 5. The van der Waals surface area contributed by atoms with Crippen molar-refractivity contribution in [1.29, 1.82) is 0 Å². The molecule has 0 saturated carbocycles. The van der Waals surface area contributed by atoms with Gasteiger partial charge in [-0.3, -0.25) is 4.98 Å². The van der Waals surface area contributed by atoms with Crippen LogP contribution >= 0.6 is 0 Å². The summed E-state index contributed by atoms with van der Waals surface area (Å²) in [5, 5.41) is 10.9. The fourth-order valence-electron chi connectivity index (χ4n) is 4.34. The molecule has 0 aliphatic carbocycles. The van der Waals surface area contributed by atoms with Gasteiger partial charge in [-0.2, -0.15) is 15.5 Å². The van der Waals surface area contributed by atoms with Gasteiger partial charge in [0, 0.05) is 55.9 Å². The summed E-state index contributed by atoms with van der Waals surface area (Å²) in [5.74, 6) is 6.70. The van der Waals surface area contributed by atoms with E-state index in [1.54, 1.807) is 30.5 Å². The molecule has 0 spiro atoms. The molecule has 2 amide bonds. The summed E-state index contributed by atoms with van der Waals surface area (Å²) in [7, 11) is 2.01. The Morgan fingerprint density at radius 1 is 1.23 bits per heavy atom. The second-order valence-electron chi connectivity index (χ2n) is 8.70. The number of piperidine rings is 1. The molecule has 5 rings (SSSR count). The van der Waals surface area contributed by atoms with E-state index in [0.29, 0.717) is 31.1 Å². The van der Waals surface area contributed by atoms with E-state index in [-0.39, 0.29) is 11.9 Å². The number of rotatable bonds is 6. The first kappa shape index (κ1) is 22.7. The molecule has 0 radical (unpaired) electrons. The van der Waals surface area contributed by atoms with Crippen LogP contribution in [0.4, 0.5) is 16.3 Å². The van der Waals surface area contributed by atoms with E-state index < -0.39 is 0 Å². The van der Waals surface area contributed by atoms with Gasteiger partial charge >= 0.3 is 6.03 Å². The number of benzene rings is 1. The lowest BCUT2D eigenvalue weighted by Gasteiger charge is -2.32. The molecule has 4 heterocycles. The van der Waals surface area contributed by atoms with Crippen LogP contribution in [0.25, 0.3) is 5.65 Å². The number of anilines is 2. The van der Waals surface area contributed by atoms with E-state index >= 15 is 0 Å². The number of nitrogens with one attached hydrogen (secondary N) is 2. The summed E-state index contributed by atoms with van der Waals surface area (Å²) in [6, 6.07) is 12.8. The third kappa shape index (κ3) is 5.04. The molecule has 0 bridgehead atoms. The number of hydrogen-bond donors (Lipinski definition) is 3. The van der Waals surface area contributed by atoms with Crippen molar-refractivity contribution in [2.75, 3.05) is 23.7 Å². The Hall–Kier alpha value is -4.12. The number of hydrogen-bond acceptors (Lipinski definition) is 7. The van der Waals surface area contributed by atoms with Gasteiger partial charge in [0.15, 0.2) is 5.65 Å². The molecule has 1 aliphatic rings. The molecule has 4 N–H and O–H groups in total. The van der Waals surface area contributed by atoms with E-state index in [0.717, 1.165) is 41.0 Å². The van der Waals surface area contributed by atoms with Gasteiger partial charge in [-0.25, -0.2) is 9.78 Å². The summed E-state index contributed by atoms with van der Waals surface area (Å²) < 4.78 is 1.83. The molecule has 1 aromatic carbocycles. The zero-order valence-electron chi connectivity index (χ0n) is 19.5. The number of carbonyl (C=O) groups is 1. The highest BCUT2D eigenvalue weighted by Gasteiger charge is 2.27. The number of pyridine rings is 1. The highest BCUT2D eigenvalue weighted by atomic mass is 16.6. The Morgan fingerprint density at radius 2 is 2.09 bits per heavy atom. The van der Waals surface area contributed by atoms with Crippen LogP contribution in [0.1, 0.15) is 30.0 Å². The smallest absolute Gasteiger partial charge is 0.321 e. The first-order valence-electron chi connectivity index (χ1n) is 11.6. The van der Waals surface area contributed by atoms with Crippen LogP contribution in [0.15, 0.2) is 61.1 Å². The van der Waals surface area contributed by atoms with Crippen molar-refractivity contribution in [2.45, 2.75) is 25.3 Å². The zero-order valence-corrected chi connectivity index (χ0v) is 19.5. The average molecular weight is 470 g/mol. The average Bonchev–Trinajstić information content (AvgIpc) is 3.29. The molecule has 35 heavy (non-hydrogen) atoms. The quantitative estimate of drug-likeness (QED) is 0.289. The summed E-state index contributed by atoms with van der Waals surface area (Å²) in [6.45, 7) is 1.92. The number of nitrogens with two attached hydrogens (primary N) is 1. The minimum absolute atomic E-state index is 0.126. The van der Waals surface area contributed by atoms with Crippen molar-refractivity contribution in [3.63, 3.8) is 0 Å². The summed E-state index contributed by atoms with van der Waals surface area (Å²) in [4.78, 5) is 28.6. The molecule has 1 atom stereocenters. The maximum atomic E-state index is 13.0. The number of aromatic nitrogens is 4. The van der Waals surface area contributed by atoms with Crippen molar-refractivity contribution >= 4 is 36.5 Å². The standard InChI is InChI=1S/C24H27BN8O2/c25-20-14-29-33-22(28-13-16-3-1-9-27-12-16)11-21(31-23(20)33)17-4-2-10-32(15-17)24(34)30-18-5-7-19(35-26)8-6-18/h1,3,5-9,11-12,14,17,28H,2,4,10,13,15,25-26H2,(H,30,34). The molecular weight excluding hydrogens is 443 g/mol. The van der Waals surface area contributed by atoms with Crippen LogP contribution in [0.2, 0.25) is 0 Å². The van der Waals surface area contributed by atoms with Gasteiger partial charge in [0.1, 0.15) is 19.4 Å². The van der Waals surface area contributed by atoms with Crippen molar-refractivity contribution in [2.24, 2.45) is 5.90 Å². The highest BCUT2D eigenvalue weighted by molar-refractivity contribution is 6.36. The van der Waals surface area contributed by atoms with E-state index in [4.69, 9.17) is 15.7 Å². The lowest BCUT2D eigenvalue weighted by Crippen LogP contribution is -2.41. The van der Waals surface area contributed by atoms with E-state index in [9.17, 15) is 4.79 Å². The minimum Gasteiger partial charge on any atom is -0.412 e. The highest BCUT2D eigenvalue weighted by Crippen LogP contribution is 2.28. The number of fused-ring (bicyclic) bond motifs is 1. The van der Waals surface area contributed by atoms with Crippen molar-refractivity contribution < 1.29 is 9.63 Å². The lowest BCUT2D eigenvalue weighted by atomic mass is 9.94. The molecule has 1 saturated heterocycles. The van der Waals surface area contributed by atoms with Crippen molar-refractivity contribution in [3.05, 3.63) is 72.3 Å². The molecule has 1 fully saturated rings. The molecule has 11 heteroatoms. The summed E-state index contributed by atoms with van der Waals surface area (Å²) in [5.41, 5.74) is 4.55. The summed E-state index contributed by atoms with van der Waals surface area (Å²) >= 11 is 0. The van der Waals surface area contributed by atoms with Crippen LogP contribution in [0.5, 0.6) is 5.75 Å². The first-order valence-corrected chi connectivity index (χ1v) is 11.6. The predicted octanol–water partition coefficient (Wildman–Crippen LogP) is 1.66. The van der Waals surface area contributed by atoms with E-state index in [2.05, 4.69) is 20.7 Å². The van der Waals surface area contributed by atoms with Gasteiger partial charge in [-0.05, 0) is 54.2 Å². The van der Waals surface area contributed by atoms with E-state index in [1.807, 2.05) is 47.9 Å². The van der Waals surface area contributed by atoms with Gasteiger partial charge in [0.25, 0.3) is 0 Å². The van der Waals surface area contributed by atoms with Crippen molar-refractivity contribution in [3.8, 4) is 5.75 Å². The molecule has 10 nitrogen and oxygen atoms in total. The monoisotopic (exact) mass is 470 g/mol. The van der Waals surface area contributed by atoms with Crippen LogP contribution in [0.3, 0.4) is 0 Å². The zero-order chi connectivity index (χ0) is 24.2. The minimum atomic E-state index is -0.132. The Kier molecular flexibility index (Phi) is 6.49. The normalized spacial score (nSPS) is 15.7. The lowest BCUT2D eigenvalue weighted by molar-refractivity contribution is 0.192. The number of urea groups is 1. The third-order valence-corrected chi connectivity index (χ3v) is 6.23. The number of carbonyl (C=O) groups excluding carboxylic acids is 1. The topological polar surface area (TPSA) is 123 Å². The van der Waals surface area contributed by atoms with Gasteiger partial charge < -0.3 is 20.4 Å². The molecule has 1 unspecified atom stereocenters. The second-order valence-corrected chi connectivity index (χ2v) is 8.70. The Labute approximate surface area is 203 Å². The second kappa shape index (κ2) is 10.0. The van der Waals surface area contributed by atoms with Gasteiger partial charge in [0.2, 0.25) is 0 Å². The van der Waals surface area contributed by atoms with Gasteiger partial charge in [-0.15, -0.1) is 0 Å². The van der Waals surface area contributed by atoms with Crippen molar-refractivity contribution in [1.82, 2.24) is 24.5 Å². The maximum Gasteiger partial charge on any atom is 0.321 e. The van der Waals surface area contributed by atoms with E-state index in [1.165, 1.54) is 0 Å². The Bertz CT molecular complexity index is 1310. The van der Waals surface area contributed by atoms with Crippen LogP contribution in [0, 0.1) is 0 Å². The fourth-order valence-corrected chi connectivity index (χ4v) is 4.34. The SMILES string of the molecule is Bc1cnn2c(NCc3cccnc3)cc(C3CCCN(C(=O)Nc4ccc(ON)cc4)C3)nc12. The first-order chi connectivity index (χ1) is 17.1. The Morgan fingerprint density at radius 3 is 2.86 bits per heavy atom. The Balaban J connectivity index is 1.34. The molecule has 1 aliphatic heterocycles. The maximum absolute atomic E-state index is 13.0. The number of amides is 2. The fraction of sp³-hybridized carbons (Fsp3) is 0.250. The third-order valence-electron chi connectivity index (χ3n) is 6.23. The van der Waals surface area contributed by atoms with Gasteiger partial charge in [0.05, 0.1) is 5.69 Å². The summed E-state index contributed by atoms with van der Waals surface area (Å²) in [6.07, 6.45) is 7.29. The molecule has 178 valence electrons. The van der Waals surface area contributed by atoms with Crippen LogP contribution < -0.4 is 26.8 Å². The largest absolute Gasteiger partial charge is 0.412 e. The van der Waals surface area contributed by atoms with Crippen LogP contribution in [-0.2, 0) is 6.54 Å².